The predicted octanol–water partition coefficient (Wildman–Crippen LogP) is 3.75. The first-order valence-electron chi connectivity index (χ1n) is 7.97. The van der Waals surface area contributed by atoms with E-state index >= 15 is 0 Å². The number of hydrogen-bond donors (Lipinski definition) is 1. The zero-order valence-corrected chi connectivity index (χ0v) is 12.5. The summed E-state index contributed by atoms with van der Waals surface area (Å²) in [7, 11) is 1.91. The van der Waals surface area contributed by atoms with Gasteiger partial charge in [-0.2, -0.15) is 0 Å². The average Bonchev–Trinajstić information content (AvgIpc) is 2.32. The van der Waals surface area contributed by atoms with Gasteiger partial charge in [0, 0.05) is 13.2 Å². The zero-order valence-electron chi connectivity index (χ0n) is 12.5. The van der Waals surface area contributed by atoms with E-state index < -0.39 is 0 Å². The Bertz CT molecular complexity index is 244. The molecule has 0 heterocycles. The van der Waals surface area contributed by atoms with Crippen LogP contribution >= 0.6 is 0 Å². The summed E-state index contributed by atoms with van der Waals surface area (Å²) >= 11 is 0. The van der Waals surface area contributed by atoms with Gasteiger partial charge in [0.2, 0.25) is 0 Å². The molecule has 0 aromatic carbocycles. The van der Waals surface area contributed by atoms with Crippen LogP contribution in [0.5, 0.6) is 0 Å². The Hall–Kier alpha value is -0.0800. The zero-order chi connectivity index (χ0) is 13.0. The summed E-state index contributed by atoms with van der Waals surface area (Å²) in [6.07, 6.45) is 10.8. The van der Waals surface area contributed by atoms with E-state index in [4.69, 9.17) is 4.74 Å². The van der Waals surface area contributed by atoms with Crippen LogP contribution in [0.3, 0.4) is 0 Å². The third kappa shape index (κ3) is 3.27. The molecule has 3 unspecified atom stereocenters. The van der Waals surface area contributed by atoms with Crippen molar-refractivity contribution in [2.75, 3.05) is 13.7 Å². The van der Waals surface area contributed by atoms with Gasteiger partial charge >= 0.3 is 0 Å². The van der Waals surface area contributed by atoms with Gasteiger partial charge in [0.05, 0.1) is 5.60 Å². The summed E-state index contributed by atoms with van der Waals surface area (Å²) in [5.41, 5.74) is 0.216. The maximum absolute atomic E-state index is 5.83. The van der Waals surface area contributed by atoms with E-state index in [2.05, 4.69) is 19.2 Å². The Morgan fingerprint density at radius 3 is 2.56 bits per heavy atom. The van der Waals surface area contributed by atoms with E-state index in [1.54, 1.807) is 0 Å². The second kappa shape index (κ2) is 6.38. The number of hydrogen-bond acceptors (Lipinski definition) is 2. The second-order valence-electron chi connectivity index (χ2n) is 6.64. The molecule has 0 amide bonds. The highest BCUT2D eigenvalue weighted by molar-refractivity contribution is 4.95. The fourth-order valence-corrected chi connectivity index (χ4v) is 3.98. The molecular formula is C16H31NO. The van der Waals surface area contributed by atoms with Crippen LogP contribution < -0.4 is 5.32 Å². The van der Waals surface area contributed by atoms with Crippen molar-refractivity contribution in [2.45, 2.75) is 76.9 Å². The summed E-state index contributed by atoms with van der Waals surface area (Å²) < 4.78 is 5.83. The molecular weight excluding hydrogens is 222 g/mol. The molecule has 0 saturated heterocycles. The molecule has 2 fully saturated rings. The van der Waals surface area contributed by atoms with E-state index in [1.165, 1.54) is 51.4 Å². The lowest BCUT2D eigenvalue weighted by atomic mass is 9.70. The molecule has 18 heavy (non-hydrogen) atoms. The molecule has 106 valence electrons. The van der Waals surface area contributed by atoms with Gasteiger partial charge in [0.25, 0.3) is 0 Å². The molecule has 0 bridgehead atoms. The average molecular weight is 253 g/mol. The quantitative estimate of drug-likeness (QED) is 0.778. The molecule has 2 aliphatic carbocycles. The van der Waals surface area contributed by atoms with Crippen molar-refractivity contribution < 1.29 is 4.74 Å². The standard InChI is InChI=1S/C16H31NO/c1-4-17-15(12-16(18-3)9-6-10-16)14-8-5-7-13(2)11-14/h13-15,17H,4-12H2,1-3H3. The lowest BCUT2D eigenvalue weighted by Crippen LogP contribution is -2.49. The molecule has 0 spiro atoms. The van der Waals surface area contributed by atoms with Crippen LogP contribution in [0.2, 0.25) is 0 Å². The molecule has 0 aromatic heterocycles. The largest absolute Gasteiger partial charge is 0.378 e. The Morgan fingerprint density at radius 1 is 1.28 bits per heavy atom. The minimum atomic E-state index is 0.216. The van der Waals surface area contributed by atoms with Crippen molar-refractivity contribution in [1.82, 2.24) is 5.32 Å². The van der Waals surface area contributed by atoms with Crippen molar-refractivity contribution >= 4 is 0 Å². The first-order chi connectivity index (χ1) is 8.69. The first-order valence-corrected chi connectivity index (χ1v) is 7.97. The number of methoxy groups -OCH3 is 1. The molecule has 0 aliphatic heterocycles. The number of nitrogens with one attached hydrogen (secondary N) is 1. The maximum Gasteiger partial charge on any atom is 0.0693 e. The van der Waals surface area contributed by atoms with Gasteiger partial charge in [-0.1, -0.05) is 26.7 Å². The van der Waals surface area contributed by atoms with Crippen molar-refractivity contribution in [1.29, 1.82) is 0 Å². The van der Waals surface area contributed by atoms with Crippen molar-refractivity contribution in [3.63, 3.8) is 0 Å². The molecule has 1 N–H and O–H groups in total. The number of ether oxygens (including phenoxy) is 1. The van der Waals surface area contributed by atoms with Gasteiger partial charge in [-0.3, -0.25) is 0 Å². The van der Waals surface area contributed by atoms with Gasteiger partial charge in [-0.05, 0) is 56.9 Å². The Labute approximate surface area is 113 Å². The van der Waals surface area contributed by atoms with E-state index in [9.17, 15) is 0 Å². The van der Waals surface area contributed by atoms with Crippen LogP contribution in [-0.2, 0) is 4.74 Å². The van der Waals surface area contributed by atoms with Crippen LogP contribution in [0.1, 0.15) is 65.2 Å². The van der Waals surface area contributed by atoms with Gasteiger partial charge in [0.1, 0.15) is 0 Å². The Kier molecular flexibility index (Phi) is 5.08. The van der Waals surface area contributed by atoms with E-state index in [0.29, 0.717) is 6.04 Å². The van der Waals surface area contributed by atoms with E-state index in [0.717, 1.165) is 18.4 Å². The van der Waals surface area contributed by atoms with Crippen molar-refractivity contribution in [3.8, 4) is 0 Å². The van der Waals surface area contributed by atoms with Gasteiger partial charge in [-0.15, -0.1) is 0 Å². The first kappa shape index (κ1) is 14.3. The predicted molar refractivity (Wildman–Crippen MR) is 76.8 cm³/mol. The molecule has 2 rings (SSSR count). The smallest absolute Gasteiger partial charge is 0.0693 e. The van der Waals surface area contributed by atoms with Crippen LogP contribution in [0.15, 0.2) is 0 Å². The highest BCUT2D eigenvalue weighted by Crippen LogP contribution is 2.42. The third-order valence-corrected chi connectivity index (χ3v) is 5.30. The van der Waals surface area contributed by atoms with Crippen LogP contribution in [-0.4, -0.2) is 25.3 Å². The van der Waals surface area contributed by atoms with Crippen LogP contribution in [0, 0.1) is 11.8 Å². The Balaban J connectivity index is 1.94. The van der Waals surface area contributed by atoms with Gasteiger partial charge in [0.15, 0.2) is 0 Å². The molecule has 2 nitrogen and oxygen atoms in total. The summed E-state index contributed by atoms with van der Waals surface area (Å²) in [6, 6.07) is 0.679. The second-order valence-corrected chi connectivity index (χ2v) is 6.64. The molecule has 3 atom stereocenters. The topological polar surface area (TPSA) is 21.3 Å². The van der Waals surface area contributed by atoms with E-state index in [1.807, 2.05) is 7.11 Å². The van der Waals surface area contributed by atoms with Crippen LogP contribution in [0.25, 0.3) is 0 Å². The van der Waals surface area contributed by atoms with Gasteiger partial charge in [-0.25, -0.2) is 0 Å². The lowest BCUT2D eigenvalue weighted by Gasteiger charge is -2.45. The SMILES string of the molecule is CCNC(CC1(OC)CCC1)C1CCCC(C)C1. The summed E-state index contributed by atoms with van der Waals surface area (Å²) in [5, 5.41) is 3.75. The normalized spacial score (nSPS) is 32.8. The maximum atomic E-state index is 5.83. The Morgan fingerprint density at radius 2 is 2.06 bits per heavy atom. The lowest BCUT2D eigenvalue weighted by molar-refractivity contribution is -0.0882. The number of rotatable bonds is 6. The molecule has 0 aromatic rings. The van der Waals surface area contributed by atoms with Gasteiger partial charge < -0.3 is 10.1 Å². The molecule has 2 saturated carbocycles. The summed E-state index contributed by atoms with van der Waals surface area (Å²) in [5.74, 6) is 1.80. The van der Waals surface area contributed by atoms with E-state index in [-0.39, 0.29) is 5.60 Å². The molecule has 0 radical (unpaired) electrons. The monoisotopic (exact) mass is 253 g/mol. The van der Waals surface area contributed by atoms with Crippen molar-refractivity contribution in [3.05, 3.63) is 0 Å². The third-order valence-electron chi connectivity index (χ3n) is 5.30. The molecule has 2 heteroatoms. The minimum Gasteiger partial charge on any atom is -0.378 e. The highest BCUT2D eigenvalue weighted by atomic mass is 16.5. The minimum absolute atomic E-state index is 0.216. The molecule has 2 aliphatic rings. The summed E-state index contributed by atoms with van der Waals surface area (Å²) in [6.45, 7) is 5.75. The fraction of sp³-hybridized carbons (Fsp3) is 1.00. The summed E-state index contributed by atoms with van der Waals surface area (Å²) in [4.78, 5) is 0. The highest BCUT2D eigenvalue weighted by Gasteiger charge is 2.41. The van der Waals surface area contributed by atoms with Crippen LogP contribution in [0.4, 0.5) is 0 Å². The van der Waals surface area contributed by atoms with Crippen molar-refractivity contribution in [2.24, 2.45) is 11.8 Å². The fourth-order valence-electron chi connectivity index (χ4n) is 3.98.